The van der Waals surface area contributed by atoms with E-state index in [1.165, 1.54) is 17.0 Å². The summed E-state index contributed by atoms with van der Waals surface area (Å²) in [5.74, 6) is -1.38. The number of ether oxygens (including phenoxy) is 1. The van der Waals surface area contributed by atoms with Crippen molar-refractivity contribution in [3.05, 3.63) is 32.8 Å². The van der Waals surface area contributed by atoms with E-state index in [-0.39, 0.29) is 32.1 Å². The summed E-state index contributed by atoms with van der Waals surface area (Å²) in [6.07, 6.45) is 0.377. The predicted octanol–water partition coefficient (Wildman–Crippen LogP) is 2.84. The second kappa shape index (κ2) is 8.12. The van der Waals surface area contributed by atoms with Gasteiger partial charge in [-0.15, -0.1) is 0 Å². The lowest BCUT2D eigenvalue weighted by atomic mass is 10.2. The van der Waals surface area contributed by atoms with Gasteiger partial charge >= 0.3 is 5.97 Å². The number of benzene rings is 1. The SMILES string of the molecule is CCN(C(=O)COC(=O)c1c(Cl)ccc(Cl)c1Cl)C1CCS(=O)(=O)C1. The Labute approximate surface area is 160 Å². The minimum absolute atomic E-state index is 0.0506. The molecule has 1 aliphatic rings. The highest BCUT2D eigenvalue weighted by Crippen LogP contribution is 2.31. The molecule has 0 saturated carbocycles. The van der Waals surface area contributed by atoms with Crippen LogP contribution in [0, 0.1) is 0 Å². The van der Waals surface area contributed by atoms with E-state index in [9.17, 15) is 18.0 Å². The third kappa shape index (κ3) is 4.78. The number of carbonyl (C=O) groups is 2. The lowest BCUT2D eigenvalue weighted by Gasteiger charge is -2.26. The van der Waals surface area contributed by atoms with Crippen LogP contribution >= 0.6 is 34.8 Å². The summed E-state index contributed by atoms with van der Waals surface area (Å²) in [6, 6.07) is 2.43. The van der Waals surface area contributed by atoms with Gasteiger partial charge in [0.05, 0.1) is 32.1 Å². The maximum Gasteiger partial charge on any atom is 0.341 e. The van der Waals surface area contributed by atoms with E-state index >= 15 is 0 Å². The summed E-state index contributed by atoms with van der Waals surface area (Å²) >= 11 is 17.7. The first kappa shape index (κ1) is 20.3. The van der Waals surface area contributed by atoms with Gasteiger partial charge in [-0.1, -0.05) is 34.8 Å². The van der Waals surface area contributed by atoms with Crippen molar-refractivity contribution < 1.29 is 22.7 Å². The average molecular weight is 429 g/mol. The van der Waals surface area contributed by atoms with E-state index in [0.29, 0.717) is 13.0 Å². The summed E-state index contributed by atoms with van der Waals surface area (Å²) in [7, 11) is -3.13. The Hall–Kier alpha value is -1.02. The summed E-state index contributed by atoms with van der Waals surface area (Å²) in [5, 5.41) is 0.137. The van der Waals surface area contributed by atoms with Crippen LogP contribution in [0.5, 0.6) is 0 Å². The molecule has 1 aromatic rings. The lowest BCUT2D eigenvalue weighted by molar-refractivity contribution is -0.136. The van der Waals surface area contributed by atoms with Crippen LogP contribution in [0.25, 0.3) is 0 Å². The molecule has 6 nitrogen and oxygen atoms in total. The van der Waals surface area contributed by atoms with Gasteiger partial charge in [-0.2, -0.15) is 0 Å². The molecule has 0 N–H and O–H groups in total. The van der Waals surface area contributed by atoms with Gasteiger partial charge in [0.2, 0.25) is 0 Å². The van der Waals surface area contributed by atoms with Crippen LogP contribution in [0.4, 0.5) is 0 Å². The molecule has 10 heteroatoms. The fraction of sp³-hybridized carbons (Fsp3) is 0.467. The molecule has 2 rings (SSSR count). The zero-order valence-corrected chi connectivity index (χ0v) is 16.4. The standard InChI is InChI=1S/C15H16Cl3NO5S/c1-2-19(9-5-6-25(22,23)8-9)12(20)7-24-15(21)13-10(16)3-4-11(17)14(13)18/h3-4,9H,2,5-8H2,1H3. The summed E-state index contributed by atoms with van der Waals surface area (Å²) in [6.45, 7) is 1.51. The number of likely N-dealkylation sites (N-methyl/N-ethyl adjacent to an activating group) is 1. The monoisotopic (exact) mass is 427 g/mol. The first-order valence-electron chi connectivity index (χ1n) is 7.46. The summed E-state index contributed by atoms with van der Waals surface area (Å²) < 4.78 is 28.1. The van der Waals surface area contributed by atoms with Crippen LogP contribution in [-0.4, -0.2) is 55.9 Å². The van der Waals surface area contributed by atoms with E-state index < -0.39 is 34.4 Å². The van der Waals surface area contributed by atoms with Crippen molar-refractivity contribution in [2.45, 2.75) is 19.4 Å². The fourth-order valence-electron chi connectivity index (χ4n) is 2.66. The number of nitrogens with zero attached hydrogens (tertiary/aromatic N) is 1. The number of halogens is 3. The smallest absolute Gasteiger partial charge is 0.341 e. The molecule has 1 amide bonds. The largest absolute Gasteiger partial charge is 0.452 e. The van der Waals surface area contributed by atoms with E-state index in [1.54, 1.807) is 6.92 Å². The molecule has 1 heterocycles. The van der Waals surface area contributed by atoms with Gasteiger partial charge in [0.25, 0.3) is 5.91 Å². The Balaban J connectivity index is 2.04. The number of rotatable bonds is 5. The average Bonchev–Trinajstić information content (AvgIpc) is 2.90. The first-order valence-corrected chi connectivity index (χ1v) is 10.4. The van der Waals surface area contributed by atoms with Gasteiger partial charge in [-0.3, -0.25) is 4.79 Å². The van der Waals surface area contributed by atoms with Gasteiger partial charge in [-0.25, -0.2) is 13.2 Å². The number of hydrogen-bond donors (Lipinski definition) is 0. The molecule has 1 fully saturated rings. The Morgan fingerprint density at radius 1 is 1.24 bits per heavy atom. The van der Waals surface area contributed by atoms with Crippen molar-refractivity contribution in [3.63, 3.8) is 0 Å². The van der Waals surface area contributed by atoms with E-state index in [1.807, 2.05) is 0 Å². The number of esters is 1. The molecule has 1 unspecified atom stereocenters. The van der Waals surface area contributed by atoms with E-state index in [2.05, 4.69) is 0 Å². The Bertz CT molecular complexity index is 797. The van der Waals surface area contributed by atoms with E-state index in [0.717, 1.165) is 0 Å². The number of sulfone groups is 1. The second-order valence-corrected chi connectivity index (χ2v) is 8.95. The third-order valence-corrected chi connectivity index (χ3v) is 6.75. The molecular weight excluding hydrogens is 413 g/mol. The first-order chi connectivity index (χ1) is 11.7. The molecule has 0 aliphatic carbocycles. The molecule has 1 saturated heterocycles. The van der Waals surface area contributed by atoms with Gasteiger partial charge in [0, 0.05) is 12.6 Å². The zero-order chi connectivity index (χ0) is 18.8. The van der Waals surface area contributed by atoms with Crippen LogP contribution in [-0.2, 0) is 19.4 Å². The van der Waals surface area contributed by atoms with Crippen molar-refractivity contribution in [1.82, 2.24) is 4.90 Å². The van der Waals surface area contributed by atoms with Gasteiger partial charge < -0.3 is 9.64 Å². The highest BCUT2D eigenvalue weighted by Gasteiger charge is 2.34. The maximum absolute atomic E-state index is 12.3. The Morgan fingerprint density at radius 2 is 1.88 bits per heavy atom. The van der Waals surface area contributed by atoms with Crippen LogP contribution in [0.15, 0.2) is 12.1 Å². The molecule has 0 bridgehead atoms. The molecule has 1 aromatic carbocycles. The van der Waals surface area contributed by atoms with Gasteiger partial charge in [0.15, 0.2) is 16.4 Å². The quantitative estimate of drug-likeness (QED) is 0.532. The molecule has 0 spiro atoms. The molecule has 138 valence electrons. The van der Waals surface area contributed by atoms with E-state index in [4.69, 9.17) is 39.5 Å². The van der Waals surface area contributed by atoms with Gasteiger partial charge in [-0.05, 0) is 25.5 Å². The lowest BCUT2D eigenvalue weighted by Crippen LogP contribution is -2.43. The molecule has 0 radical (unpaired) electrons. The molecule has 0 aromatic heterocycles. The van der Waals surface area contributed by atoms with Crippen LogP contribution in [0.1, 0.15) is 23.7 Å². The number of carbonyl (C=O) groups excluding carboxylic acids is 2. The van der Waals surface area contributed by atoms with Crippen molar-refractivity contribution in [2.24, 2.45) is 0 Å². The molecule has 25 heavy (non-hydrogen) atoms. The van der Waals surface area contributed by atoms with Crippen molar-refractivity contribution >= 4 is 56.5 Å². The van der Waals surface area contributed by atoms with Gasteiger partial charge in [0.1, 0.15) is 0 Å². The third-order valence-electron chi connectivity index (χ3n) is 3.89. The number of hydrogen-bond acceptors (Lipinski definition) is 5. The van der Waals surface area contributed by atoms with Crippen molar-refractivity contribution in [2.75, 3.05) is 24.7 Å². The normalized spacial score (nSPS) is 18.8. The second-order valence-electron chi connectivity index (χ2n) is 5.53. The highest BCUT2D eigenvalue weighted by atomic mass is 35.5. The van der Waals surface area contributed by atoms with Crippen LogP contribution < -0.4 is 0 Å². The van der Waals surface area contributed by atoms with Crippen LogP contribution in [0.2, 0.25) is 15.1 Å². The fourth-order valence-corrected chi connectivity index (χ4v) is 5.07. The number of amides is 1. The maximum atomic E-state index is 12.3. The minimum Gasteiger partial charge on any atom is -0.452 e. The Kier molecular flexibility index (Phi) is 6.59. The van der Waals surface area contributed by atoms with Crippen LogP contribution in [0.3, 0.4) is 0 Å². The van der Waals surface area contributed by atoms with Crippen molar-refractivity contribution in [1.29, 1.82) is 0 Å². The molecule has 1 atom stereocenters. The predicted molar refractivity (Wildman–Crippen MR) is 96.2 cm³/mol. The molecular formula is C15H16Cl3NO5S. The highest BCUT2D eigenvalue weighted by molar-refractivity contribution is 7.91. The summed E-state index contributed by atoms with van der Waals surface area (Å²) in [4.78, 5) is 25.9. The zero-order valence-electron chi connectivity index (χ0n) is 13.3. The summed E-state index contributed by atoms with van der Waals surface area (Å²) in [5.41, 5.74) is -0.116. The molecule has 1 aliphatic heterocycles. The van der Waals surface area contributed by atoms with Crippen molar-refractivity contribution in [3.8, 4) is 0 Å². The minimum atomic E-state index is -3.13. The Morgan fingerprint density at radius 3 is 2.44 bits per heavy atom. The topological polar surface area (TPSA) is 80.8 Å².